The van der Waals surface area contributed by atoms with Gasteiger partial charge in [-0.1, -0.05) is 48.5 Å². The van der Waals surface area contributed by atoms with Gasteiger partial charge in [0, 0.05) is 22.6 Å². The van der Waals surface area contributed by atoms with Gasteiger partial charge in [0.25, 0.3) is 0 Å². The zero-order valence-electron chi connectivity index (χ0n) is 17.7. The van der Waals surface area contributed by atoms with Gasteiger partial charge in [-0.3, -0.25) is 0 Å². The Hall–Kier alpha value is -4.48. The molecule has 1 atom stereocenters. The molecule has 0 radical (unpaired) electrons. The lowest BCUT2D eigenvalue weighted by atomic mass is 9.80. The summed E-state index contributed by atoms with van der Waals surface area (Å²) in [4.78, 5) is 0. The number of para-hydroxylation sites is 1. The van der Waals surface area contributed by atoms with Crippen molar-refractivity contribution in [2.45, 2.75) is 5.92 Å². The molecule has 1 heterocycles. The SMILES string of the molecule is COc1ccc(C2=C(C=C(C#N)C#N)[C@H](c3ccccc3)c3ccccc3O2)cc1OC. The second kappa shape index (κ2) is 9.12. The minimum Gasteiger partial charge on any atom is -0.493 e. The van der Waals surface area contributed by atoms with E-state index in [9.17, 15) is 10.5 Å². The minimum absolute atomic E-state index is 0.00175. The molecular weight excluding hydrogens is 400 g/mol. The molecule has 3 aromatic carbocycles. The highest BCUT2D eigenvalue weighted by Gasteiger charge is 2.31. The molecule has 0 fully saturated rings. The summed E-state index contributed by atoms with van der Waals surface area (Å²) in [5.41, 5.74) is 3.47. The Morgan fingerprint density at radius 2 is 1.56 bits per heavy atom. The quantitative estimate of drug-likeness (QED) is 0.501. The summed E-state index contributed by atoms with van der Waals surface area (Å²) < 4.78 is 17.2. The minimum atomic E-state index is -0.221. The van der Waals surface area contributed by atoms with Crippen LogP contribution in [0.1, 0.15) is 22.6 Å². The van der Waals surface area contributed by atoms with Gasteiger partial charge in [-0.25, -0.2) is 0 Å². The highest BCUT2D eigenvalue weighted by molar-refractivity contribution is 5.76. The maximum atomic E-state index is 9.48. The van der Waals surface area contributed by atoms with Crippen LogP contribution >= 0.6 is 0 Å². The molecule has 0 amide bonds. The summed E-state index contributed by atoms with van der Waals surface area (Å²) in [6, 6.07) is 27.2. The van der Waals surface area contributed by atoms with E-state index in [-0.39, 0.29) is 11.5 Å². The maximum absolute atomic E-state index is 9.48. The molecule has 5 heteroatoms. The van der Waals surface area contributed by atoms with E-state index in [2.05, 4.69) is 0 Å². The van der Waals surface area contributed by atoms with Crippen LogP contribution in [0.3, 0.4) is 0 Å². The van der Waals surface area contributed by atoms with Crippen LogP contribution in [0.15, 0.2) is 90.0 Å². The molecule has 0 saturated heterocycles. The highest BCUT2D eigenvalue weighted by atomic mass is 16.5. The van der Waals surface area contributed by atoms with Crippen molar-refractivity contribution in [1.82, 2.24) is 0 Å². The normalized spacial score (nSPS) is 14.3. The number of ether oxygens (including phenoxy) is 3. The first-order valence-electron chi connectivity index (χ1n) is 10.00. The Morgan fingerprint density at radius 3 is 2.25 bits per heavy atom. The molecule has 5 nitrogen and oxygen atoms in total. The second-order valence-electron chi connectivity index (χ2n) is 7.12. The third kappa shape index (κ3) is 3.80. The molecule has 0 saturated carbocycles. The summed E-state index contributed by atoms with van der Waals surface area (Å²) in [5, 5.41) is 19.0. The Bertz CT molecular complexity index is 1280. The predicted molar refractivity (Wildman–Crippen MR) is 121 cm³/mol. The van der Waals surface area contributed by atoms with Gasteiger partial charge in [-0.15, -0.1) is 0 Å². The number of allylic oxidation sites excluding steroid dienone is 3. The number of methoxy groups -OCH3 is 2. The topological polar surface area (TPSA) is 75.3 Å². The van der Waals surface area contributed by atoms with E-state index in [0.717, 1.165) is 28.0 Å². The highest BCUT2D eigenvalue weighted by Crippen LogP contribution is 2.47. The second-order valence-corrected chi connectivity index (χ2v) is 7.12. The van der Waals surface area contributed by atoms with E-state index >= 15 is 0 Å². The van der Waals surface area contributed by atoms with Crippen molar-refractivity contribution in [3.8, 4) is 29.4 Å². The van der Waals surface area contributed by atoms with E-state index < -0.39 is 0 Å². The van der Waals surface area contributed by atoms with E-state index in [1.807, 2.05) is 78.9 Å². The van der Waals surface area contributed by atoms with Gasteiger partial charge in [-0.2, -0.15) is 10.5 Å². The number of nitrogens with zero attached hydrogens (tertiary/aromatic N) is 2. The van der Waals surface area contributed by atoms with Crippen LogP contribution in [0.25, 0.3) is 5.76 Å². The Morgan fingerprint density at radius 1 is 0.875 bits per heavy atom. The van der Waals surface area contributed by atoms with Crippen LogP contribution in [-0.4, -0.2) is 14.2 Å². The number of rotatable bonds is 5. The predicted octanol–water partition coefficient (Wildman–Crippen LogP) is 5.61. The zero-order chi connectivity index (χ0) is 22.5. The van der Waals surface area contributed by atoms with Crippen molar-refractivity contribution < 1.29 is 14.2 Å². The van der Waals surface area contributed by atoms with Gasteiger partial charge in [-0.05, 0) is 35.9 Å². The Balaban J connectivity index is 2.03. The van der Waals surface area contributed by atoms with E-state index in [1.165, 1.54) is 0 Å². The summed E-state index contributed by atoms with van der Waals surface area (Å²) in [6.07, 6.45) is 1.61. The third-order valence-electron chi connectivity index (χ3n) is 5.33. The van der Waals surface area contributed by atoms with Crippen LogP contribution in [-0.2, 0) is 0 Å². The van der Waals surface area contributed by atoms with E-state index in [1.54, 1.807) is 26.4 Å². The average molecular weight is 420 g/mol. The van der Waals surface area contributed by atoms with Crippen molar-refractivity contribution >= 4 is 5.76 Å². The summed E-state index contributed by atoms with van der Waals surface area (Å²) >= 11 is 0. The Labute approximate surface area is 187 Å². The van der Waals surface area contributed by atoms with Crippen molar-refractivity contribution in [2.24, 2.45) is 0 Å². The molecule has 0 N–H and O–H groups in total. The van der Waals surface area contributed by atoms with Crippen molar-refractivity contribution in [3.05, 3.63) is 107 Å². The lowest BCUT2D eigenvalue weighted by molar-refractivity contribution is 0.354. The van der Waals surface area contributed by atoms with Gasteiger partial charge in [0.05, 0.1) is 14.2 Å². The molecule has 0 unspecified atom stereocenters. The molecule has 1 aliphatic heterocycles. The standard InChI is InChI=1S/C27H20N2O3/c1-30-24-13-12-20(15-25(24)31-2)27-22(14-18(16-28)17-29)26(19-8-4-3-5-9-19)21-10-6-7-11-23(21)32-27/h3-15,26H,1-2H3/t26-/m1/s1. The van der Waals surface area contributed by atoms with Crippen molar-refractivity contribution in [3.63, 3.8) is 0 Å². The van der Waals surface area contributed by atoms with Crippen LogP contribution in [0.4, 0.5) is 0 Å². The van der Waals surface area contributed by atoms with Gasteiger partial charge in [0.15, 0.2) is 11.5 Å². The fourth-order valence-corrected chi connectivity index (χ4v) is 3.88. The number of nitriles is 2. The smallest absolute Gasteiger partial charge is 0.161 e. The number of hydrogen-bond donors (Lipinski definition) is 0. The molecule has 0 spiro atoms. The first-order chi connectivity index (χ1) is 15.7. The lowest BCUT2D eigenvalue weighted by Crippen LogP contribution is -2.16. The molecule has 0 aromatic heterocycles. The molecule has 32 heavy (non-hydrogen) atoms. The first-order valence-corrected chi connectivity index (χ1v) is 10.00. The van der Waals surface area contributed by atoms with Crippen LogP contribution in [0, 0.1) is 22.7 Å². The lowest BCUT2D eigenvalue weighted by Gasteiger charge is -2.30. The fraction of sp³-hybridized carbons (Fsp3) is 0.111. The number of fused-ring (bicyclic) bond motifs is 1. The maximum Gasteiger partial charge on any atom is 0.161 e. The number of benzene rings is 3. The first kappa shape index (κ1) is 20.8. The number of hydrogen-bond acceptors (Lipinski definition) is 5. The fourth-order valence-electron chi connectivity index (χ4n) is 3.88. The van der Waals surface area contributed by atoms with Gasteiger partial charge in [0.1, 0.15) is 29.2 Å². The Kier molecular flexibility index (Phi) is 5.92. The van der Waals surface area contributed by atoms with Gasteiger partial charge in [0.2, 0.25) is 0 Å². The summed E-state index contributed by atoms with van der Waals surface area (Å²) in [5.74, 6) is 2.21. The largest absolute Gasteiger partial charge is 0.493 e. The molecule has 0 aliphatic carbocycles. The molecule has 0 bridgehead atoms. The summed E-state index contributed by atoms with van der Waals surface area (Å²) in [7, 11) is 3.15. The molecule has 3 aromatic rings. The van der Waals surface area contributed by atoms with Crippen LogP contribution in [0.2, 0.25) is 0 Å². The van der Waals surface area contributed by atoms with Gasteiger partial charge >= 0.3 is 0 Å². The third-order valence-corrected chi connectivity index (χ3v) is 5.33. The van der Waals surface area contributed by atoms with E-state index in [4.69, 9.17) is 14.2 Å². The molecule has 1 aliphatic rings. The van der Waals surface area contributed by atoms with Crippen molar-refractivity contribution in [1.29, 1.82) is 10.5 Å². The molecule has 156 valence electrons. The molecular formula is C27H20N2O3. The van der Waals surface area contributed by atoms with Crippen LogP contribution in [0.5, 0.6) is 17.2 Å². The van der Waals surface area contributed by atoms with Gasteiger partial charge < -0.3 is 14.2 Å². The molecule has 4 rings (SSSR count). The van der Waals surface area contributed by atoms with Crippen LogP contribution < -0.4 is 14.2 Å². The average Bonchev–Trinajstić information content (AvgIpc) is 2.86. The van der Waals surface area contributed by atoms with E-state index in [0.29, 0.717) is 17.3 Å². The monoisotopic (exact) mass is 420 g/mol. The zero-order valence-corrected chi connectivity index (χ0v) is 17.7. The van der Waals surface area contributed by atoms with Crippen molar-refractivity contribution in [2.75, 3.05) is 14.2 Å². The summed E-state index contributed by atoms with van der Waals surface area (Å²) in [6.45, 7) is 0.